The van der Waals surface area contributed by atoms with Crippen molar-refractivity contribution in [1.29, 1.82) is 0 Å². The van der Waals surface area contributed by atoms with E-state index in [9.17, 15) is 4.79 Å². The third kappa shape index (κ3) is 2.58. The van der Waals surface area contributed by atoms with Crippen LogP contribution in [-0.4, -0.2) is 39.9 Å². The molecule has 1 fully saturated rings. The lowest BCUT2D eigenvalue weighted by molar-refractivity contribution is -0.135. The number of hydrogen-bond acceptors (Lipinski definition) is 4. The summed E-state index contributed by atoms with van der Waals surface area (Å²) >= 11 is 0. The molecule has 2 atom stereocenters. The SMILES string of the molecule is CC1CC(N2N=C(c3ccncc3)CC2=O)CC(C)O1. The molecule has 3 heterocycles. The van der Waals surface area contributed by atoms with Crippen molar-refractivity contribution in [2.24, 2.45) is 5.10 Å². The second-order valence-corrected chi connectivity index (χ2v) is 5.58. The lowest BCUT2D eigenvalue weighted by atomic mass is 9.99. The summed E-state index contributed by atoms with van der Waals surface area (Å²) in [6.07, 6.45) is 5.89. The summed E-state index contributed by atoms with van der Waals surface area (Å²) < 4.78 is 5.73. The van der Waals surface area contributed by atoms with Crippen LogP contribution < -0.4 is 0 Å². The van der Waals surface area contributed by atoms with Gasteiger partial charge in [-0.25, -0.2) is 5.01 Å². The zero-order valence-corrected chi connectivity index (χ0v) is 11.8. The van der Waals surface area contributed by atoms with E-state index in [1.54, 1.807) is 17.4 Å². The Labute approximate surface area is 118 Å². The Bertz CT molecular complexity index is 519. The molecule has 0 aliphatic carbocycles. The van der Waals surface area contributed by atoms with Crippen LogP contribution in [0.15, 0.2) is 29.6 Å². The maximum absolute atomic E-state index is 12.2. The summed E-state index contributed by atoms with van der Waals surface area (Å²) in [5.74, 6) is 0.0862. The average molecular weight is 273 g/mol. The molecule has 0 radical (unpaired) electrons. The van der Waals surface area contributed by atoms with E-state index >= 15 is 0 Å². The highest BCUT2D eigenvalue weighted by Gasteiger charge is 2.35. The summed E-state index contributed by atoms with van der Waals surface area (Å²) in [5, 5.41) is 6.22. The maximum atomic E-state index is 12.2. The van der Waals surface area contributed by atoms with Gasteiger partial charge in [-0.05, 0) is 38.8 Å². The first-order valence-corrected chi connectivity index (χ1v) is 7.09. The van der Waals surface area contributed by atoms with Gasteiger partial charge in [0.2, 0.25) is 5.91 Å². The van der Waals surface area contributed by atoms with E-state index in [0.717, 1.165) is 24.1 Å². The Kier molecular flexibility index (Phi) is 3.53. The standard InChI is InChI=1S/C15H19N3O2/c1-10-7-13(8-11(2)20-10)18-15(19)9-14(17-18)12-3-5-16-6-4-12/h3-6,10-11,13H,7-9H2,1-2H3. The van der Waals surface area contributed by atoms with E-state index in [0.29, 0.717) is 6.42 Å². The summed E-state index contributed by atoms with van der Waals surface area (Å²) in [5.41, 5.74) is 1.81. The molecule has 106 valence electrons. The van der Waals surface area contributed by atoms with E-state index in [-0.39, 0.29) is 24.2 Å². The van der Waals surface area contributed by atoms with Crippen LogP contribution >= 0.6 is 0 Å². The van der Waals surface area contributed by atoms with Gasteiger partial charge in [-0.2, -0.15) is 5.10 Å². The van der Waals surface area contributed by atoms with Crippen LogP contribution in [0, 0.1) is 0 Å². The number of ether oxygens (including phenoxy) is 1. The van der Waals surface area contributed by atoms with Crippen LogP contribution in [0.4, 0.5) is 0 Å². The van der Waals surface area contributed by atoms with E-state index in [1.165, 1.54) is 0 Å². The van der Waals surface area contributed by atoms with E-state index in [1.807, 2.05) is 12.1 Å². The smallest absolute Gasteiger partial charge is 0.249 e. The first kappa shape index (κ1) is 13.2. The topological polar surface area (TPSA) is 54.8 Å². The molecule has 1 aromatic heterocycles. The van der Waals surface area contributed by atoms with Gasteiger partial charge in [0.15, 0.2) is 0 Å². The third-order valence-corrected chi connectivity index (χ3v) is 3.83. The van der Waals surface area contributed by atoms with Crippen LogP contribution in [0.5, 0.6) is 0 Å². The molecule has 1 amide bonds. The van der Waals surface area contributed by atoms with Gasteiger partial charge in [-0.15, -0.1) is 0 Å². The highest BCUT2D eigenvalue weighted by Crippen LogP contribution is 2.27. The minimum atomic E-state index is 0.0862. The largest absolute Gasteiger partial charge is 0.375 e. The fourth-order valence-electron chi connectivity index (χ4n) is 3.00. The normalized spacial score (nSPS) is 30.5. The van der Waals surface area contributed by atoms with Crippen LogP contribution in [0.1, 0.15) is 38.7 Å². The molecular weight excluding hydrogens is 254 g/mol. The minimum Gasteiger partial charge on any atom is -0.375 e. The Hall–Kier alpha value is -1.75. The summed E-state index contributed by atoms with van der Waals surface area (Å²) in [4.78, 5) is 16.2. The van der Waals surface area contributed by atoms with Gasteiger partial charge in [-0.1, -0.05) is 0 Å². The summed E-state index contributed by atoms with van der Waals surface area (Å²) in [6, 6.07) is 3.94. The van der Waals surface area contributed by atoms with Crippen LogP contribution in [0.25, 0.3) is 0 Å². The number of rotatable bonds is 2. The van der Waals surface area contributed by atoms with Gasteiger partial charge in [0.25, 0.3) is 0 Å². The van der Waals surface area contributed by atoms with Crippen molar-refractivity contribution in [2.45, 2.75) is 51.4 Å². The molecule has 0 bridgehead atoms. The number of aromatic nitrogens is 1. The predicted molar refractivity (Wildman–Crippen MR) is 75.3 cm³/mol. The van der Waals surface area contributed by atoms with Gasteiger partial charge in [-0.3, -0.25) is 9.78 Å². The van der Waals surface area contributed by atoms with Gasteiger partial charge >= 0.3 is 0 Å². The third-order valence-electron chi connectivity index (χ3n) is 3.83. The number of hydrazone groups is 1. The molecule has 0 aromatic carbocycles. The molecule has 20 heavy (non-hydrogen) atoms. The first-order chi connectivity index (χ1) is 9.63. The van der Waals surface area contributed by atoms with Crippen LogP contribution in [0.2, 0.25) is 0 Å². The monoisotopic (exact) mass is 273 g/mol. The Morgan fingerprint density at radius 3 is 2.50 bits per heavy atom. The molecule has 5 heteroatoms. The average Bonchev–Trinajstić information content (AvgIpc) is 2.81. The number of pyridine rings is 1. The van der Waals surface area contributed by atoms with Gasteiger partial charge < -0.3 is 4.74 Å². The highest BCUT2D eigenvalue weighted by atomic mass is 16.5. The van der Waals surface area contributed by atoms with Crippen molar-refractivity contribution in [3.8, 4) is 0 Å². The number of carbonyl (C=O) groups is 1. The van der Waals surface area contributed by atoms with Crippen molar-refractivity contribution in [1.82, 2.24) is 9.99 Å². The number of nitrogens with zero attached hydrogens (tertiary/aromatic N) is 3. The fraction of sp³-hybridized carbons (Fsp3) is 0.533. The Balaban J connectivity index is 1.80. The lowest BCUT2D eigenvalue weighted by Gasteiger charge is -2.35. The van der Waals surface area contributed by atoms with Crippen LogP contribution in [-0.2, 0) is 9.53 Å². The number of hydrogen-bond donors (Lipinski definition) is 0. The second-order valence-electron chi connectivity index (χ2n) is 5.58. The van der Waals surface area contributed by atoms with E-state index in [2.05, 4.69) is 23.9 Å². The molecule has 2 aliphatic heterocycles. The Morgan fingerprint density at radius 1 is 1.20 bits per heavy atom. The quantitative estimate of drug-likeness (QED) is 0.828. The van der Waals surface area contributed by atoms with Crippen molar-refractivity contribution in [3.63, 3.8) is 0 Å². The molecule has 0 spiro atoms. The number of carbonyl (C=O) groups excluding carboxylic acids is 1. The van der Waals surface area contributed by atoms with E-state index < -0.39 is 0 Å². The first-order valence-electron chi connectivity index (χ1n) is 7.09. The molecule has 1 saturated heterocycles. The molecule has 5 nitrogen and oxygen atoms in total. The highest BCUT2D eigenvalue weighted by molar-refractivity contribution is 6.13. The van der Waals surface area contributed by atoms with Crippen LogP contribution in [0.3, 0.4) is 0 Å². The Morgan fingerprint density at radius 2 is 1.85 bits per heavy atom. The number of amides is 1. The lowest BCUT2D eigenvalue weighted by Crippen LogP contribution is -2.42. The minimum absolute atomic E-state index is 0.0862. The van der Waals surface area contributed by atoms with E-state index in [4.69, 9.17) is 4.74 Å². The zero-order chi connectivity index (χ0) is 14.1. The molecular formula is C15H19N3O2. The molecule has 3 rings (SSSR count). The second kappa shape index (κ2) is 5.32. The van der Waals surface area contributed by atoms with Crippen molar-refractivity contribution in [3.05, 3.63) is 30.1 Å². The maximum Gasteiger partial charge on any atom is 0.249 e. The summed E-state index contributed by atoms with van der Waals surface area (Å²) in [6.45, 7) is 4.10. The molecule has 0 saturated carbocycles. The van der Waals surface area contributed by atoms with Gasteiger partial charge in [0, 0.05) is 18.0 Å². The summed E-state index contributed by atoms with van der Waals surface area (Å²) in [7, 11) is 0. The zero-order valence-electron chi connectivity index (χ0n) is 11.8. The van der Waals surface area contributed by atoms with Gasteiger partial charge in [0.1, 0.15) is 0 Å². The predicted octanol–water partition coefficient (Wildman–Crippen LogP) is 1.97. The molecule has 2 unspecified atom stereocenters. The molecule has 0 N–H and O–H groups in total. The van der Waals surface area contributed by atoms with Crippen molar-refractivity contribution >= 4 is 11.6 Å². The van der Waals surface area contributed by atoms with Gasteiger partial charge in [0.05, 0.1) is 30.4 Å². The van der Waals surface area contributed by atoms with Crippen molar-refractivity contribution < 1.29 is 9.53 Å². The molecule has 1 aromatic rings. The molecule has 2 aliphatic rings. The van der Waals surface area contributed by atoms with Crippen molar-refractivity contribution in [2.75, 3.05) is 0 Å². The fourth-order valence-corrected chi connectivity index (χ4v) is 3.00.